The lowest BCUT2D eigenvalue weighted by Crippen LogP contribution is -2.27. The van der Waals surface area contributed by atoms with Gasteiger partial charge < -0.3 is 9.47 Å². The Bertz CT molecular complexity index is 1460. The molecule has 4 aromatic carbocycles. The molecule has 0 unspecified atom stereocenters. The Labute approximate surface area is 229 Å². The molecule has 0 saturated carbocycles. The lowest BCUT2D eigenvalue weighted by atomic mass is 9.72. The highest BCUT2D eigenvalue weighted by atomic mass is 16.5. The van der Waals surface area contributed by atoms with Crippen molar-refractivity contribution in [2.45, 2.75) is 56.8 Å². The zero-order chi connectivity index (χ0) is 27.4. The van der Waals surface area contributed by atoms with Crippen LogP contribution < -0.4 is 9.47 Å². The van der Waals surface area contributed by atoms with Gasteiger partial charge in [-0.05, 0) is 94.5 Å². The van der Waals surface area contributed by atoms with E-state index in [-0.39, 0.29) is 28.2 Å². The molecule has 0 aliphatic heterocycles. The van der Waals surface area contributed by atoms with Gasteiger partial charge in [-0.15, -0.1) is 0 Å². The second kappa shape index (κ2) is 8.94. The van der Waals surface area contributed by atoms with Crippen LogP contribution in [0.5, 0.6) is 11.5 Å². The summed E-state index contributed by atoms with van der Waals surface area (Å²) in [6.07, 6.45) is 1.83. The van der Waals surface area contributed by atoms with Gasteiger partial charge in [0, 0.05) is 5.41 Å². The molecule has 1 spiro atoms. The zero-order valence-electron chi connectivity index (χ0n) is 22.8. The normalized spacial score (nSPS) is 17.3. The minimum atomic E-state index is -0.371. The number of carbonyl (C=O) groups is 2. The van der Waals surface area contributed by atoms with Gasteiger partial charge in [0.05, 0.1) is 11.1 Å². The van der Waals surface area contributed by atoms with Crippen LogP contribution in [0.2, 0.25) is 0 Å². The lowest BCUT2D eigenvalue weighted by Gasteiger charge is -2.30. The highest BCUT2D eigenvalue weighted by Crippen LogP contribution is 2.63. The van der Waals surface area contributed by atoms with Crippen molar-refractivity contribution in [3.63, 3.8) is 0 Å². The fraction of sp³-hybridized carbons (Fsp3) is 0.257. The van der Waals surface area contributed by atoms with E-state index in [1.165, 1.54) is 22.3 Å². The van der Waals surface area contributed by atoms with E-state index in [0.717, 1.165) is 12.8 Å². The van der Waals surface area contributed by atoms with Crippen LogP contribution in [0.4, 0.5) is 0 Å². The van der Waals surface area contributed by atoms with Crippen molar-refractivity contribution < 1.29 is 19.1 Å². The number of hydrogen-bond acceptors (Lipinski definition) is 4. The van der Waals surface area contributed by atoms with Gasteiger partial charge in [-0.1, -0.05) is 76.2 Å². The topological polar surface area (TPSA) is 52.6 Å². The number of benzene rings is 4. The van der Waals surface area contributed by atoms with E-state index in [0.29, 0.717) is 22.6 Å². The van der Waals surface area contributed by atoms with Crippen LogP contribution in [0, 0.1) is 0 Å². The second-order valence-electron chi connectivity index (χ2n) is 12.1. The molecule has 0 heterocycles. The molecule has 2 aliphatic carbocycles. The summed E-state index contributed by atoms with van der Waals surface area (Å²) in [4.78, 5) is 25.7. The van der Waals surface area contributed by atoms with E-state index < -0.39 is 0 Å². The lowest BCUT2D eigenvalue weighted by molar-refractivity contribution is 0.0725. The average molecular weight is 517 g/mol. The minimum Gasteiger partial charge on any atom is -0.423 e. The molecular weight excluding hydrogens is 484 g/mol. The van der Waals surface area contributed by atoms with Crippen molar-refractivity contribution in [3.05, 3.63) is 130 Å². The van der Waals surface area contributed by atoms with Crippen molar-refractivity contribution >= 4 is 11.9 Å². The van der Waals surface area contributed by atoms with Gasteiger partial charge in [-0.2, -0.15) is 0 Å². The summed E-state index contributed by atoms with van der Waals surface area (Å²) in [5.74, 6) is 0.337. The number of hydrogen-bond donors (Lipinski definition) is 0. The first-order chi connectivity index (χ1) is 18.6. The Morgan fingerprint density at radius 1 is 0.538 bits per heavy atom. The molecule has 0 radical (unpaired) electrons. The number of esters is 2. The molecule has 4 heteroatoms. The van der Waals surface area contributed by atoms with Crippen molar-refractivity contribution in [1.29, 1.82) is 0 Å². The summed E-state index contributed by atoms with van der Waals surface area (Å²) < 4.78 is 11.7. The molecule has 0 atom stereocenters. The Hall–Kier alpha value is -4.18. The van der Waals surface area contributed by atoms with E-state index in [1.54, 1.807) is 24.3 Å². The van der Waals surface area contributed by atoms with E-state index in [4.69, 9.17) is 9.47 Å². The third kappa shape index (κ3) is 4.24. The Morgan fingerprint density at radius 2 is 0.923 bits per heavy atom. The third-order valence-corrected chi connectivity index (χ3v) is 8.40. The maximum absolute atomic E-state index is 12.8. The van der Waals surface area contributed by atoms with Crippen molar-refractivity contribution in [3.8, 4) is 11.5 Å². The molecule has 0 saturated heterocycles. The first kappa shape index (κ1) is 25.1. The SMILES string of the molecule is CC1(C)CC2(CC(C)(C)c3ccc(OC(=O)c4ccccc4)cc32)c2cc(OC(=O)c3ccccc3)ccc21. The maximum Gasteiger partial charge on any atom is 0.343 e. The summed E-state index contributed by atoms with van der Waals surface area (Å²) in [6, 6.07) is 30.2. The van der Waals surface area contributed by atoms with Crippen LogP contribution >= 0.6 is 0 Å². The smallest absolute Gasteiger partial charge is 0.343 e. The molecule has 39 heavy (non-hydrogen) atoms. The average Bonchev–Trinajstić information content (AvgIpc) is 3.28. The summed E-state index contributed by atoms with van der Waals surface area (Å²) >= 11 is 0. The van der Waals surface area contributed by atoms with Crippen LogP contribution in [-0.2, 0) is 16.2 Å². The van der Waals surface area contributed by atoms with Gasteiger partial charge in [0.2, 0.25) is 0 Å². The number of fused-ring (bicyclic) bond motifs is 4. The summed E-state index contributed by atoms with van der Waals surface area (Å²) in [5.41, 5.74) is 5.48. The van der Waals surface area contributed by atoms with E-state index in [1.807, 2.05) is 48.5 Å². The maximum atomic E-state index is 12.8. The fourth-order valence-electron chi connectivity index (χ4n) is 6.91. The summed E-state index contributed by atoms with van der Waals surface area (Å²) in [6.45, 7) is 9.11. The zero-order valence-corrected chi connectivity index (χ0v) is 22.8. The number of carbonyl (C=O) groups excluding carboxylic acids is 2. The highest BCUT2D eigenvalue weighted by Gasteiger charge is 2.56. The Kier molecular flexibility index (Phi) is 5.76. The van der Waals surface area contributed by atoms with Gasteiger partial charge in [-0.3, -0.25) is 0 Å². The first-order valence-corrected chi connectivity index (χ1v) is 13.4. The first-order valence-electron chi connectivity index (χ1n) is 13.4. The molecular formula is C35H32O4. The van der Waals surface area contributed by atoms with Crippen molar-refractivity contribution in [2.24, 2.45) is 0 Å². The van der Waals surface area contributed by atoms with Crippen LogP contribution in [0.25, 0.3) is 0 Å². The van der Waals surface area contributed by atoms with Crippen LogP contribution in [-0.4, -0.2) is 11.9 Å². The number of ether oxygens (including phenoxy) is 2. The molecule has 4 nitrogen and oxygen atoms in total. The van der Waals surface area contributed by atoms with Crippen molar-refractivity contribution in [2.75, 3.05) is 0 Å². The fourth-order valence-corrected chi connectivity index (χ4v) is 6.91. The van der Waals surface area contributed by atoms with Gasteiger partial charge in [-0.25, -0.2) is 9.59 Å². The van der Waals surface area contributed by atoms with Crippen LogP contribution in [0.15, 0.2) is 97.1 Å². The minimum absolute atomic E-state index is 0.0777. The molecule has 0 amide bonds. The molecule has 196 valence electrons. The molecule has 0 fully saturated rings. The predicted molar refractivity (Wildman–Crippen MR) is 152 cm³/mol. The van der Waals surface area contributed by atoms with E-state index >= 15 is 0 Å². The quantitative estimate of drug-likeness (QED) is 0.205. The molecule has 0 aromatic heterocycles. The molecule has 0 N–H and O–H groups in total. The standard InChI is InChI=1S/C35H32O4/c1-33(2)21-35(29-19-25(15-17-27(29)33)38-31(36)23-11-7-5-8-12-23)22-34(3,4)28-18-16-26(20-30(28)35)39-32(37)24-13-9-6-10-14-24/h5-20H,21-22H2,1-4H3. The van der Waals surface area contributed by atoms with Crippen molar-refractivity contribution in [1.82, 2.24) is 0 Å². The van der Waals surface area contributed by atoms with Crippen LogP contribution in [0.1, 0.15) is 83.5 Å². The largest absolute Gasteiger partial charge is 0.423 e. The van der Waals surface area contributed by atoms with Gasteiger partial charge in [0.15, 0.2) is 0 Å². The highest BCUT2D eigenvalue weighted by molar-refractivity contribution is 5.91. The molecule has 2 aliphatic rings. The molecule has 6 rings (SSSR count). The Morgan fingerprint density at radius 3 is 1.31 bits per heavy atom. The monoisotopic (exact) mass is 516 g/mol. The summed E-state index contributed by atoms with van der Waals surface area (Å²) in [5, 5.41) is 0. The van der Waals surface area contributed by atoms with E-state index in [2.05, 4.69) is 52.0 Å². The molecule has 0 bridgehead atoms. The third-order valence-electron chi connectivity index (χ3n) is 8.40. The van der Waals surface area contributed by atoms with E-state index in [9.17, 15) is 9.59 Å². The van der Waals surface area contributed by atoms with Gasteiger partial charge in [0.25, 0.3) is 0 Å². The second-order valence-corrected chi connectivity index (χ2v) is 12.1. The van der Waals surface area contributed by atoms with Gasteiger partial charge in [0.1, 0.15) is 11.5 Å². The molecule has 4 aromatic rings. The summed E-state index contributed by atoms with van der Waals surface area (Å²) in [7, 11) is 0. The number of rotatable bonds is 4. The Balaban J connectivity index is 1.41. The van der Waals surface area contributed by atoms with Crippen LogP contribution in [0.3, 0.4) is 0 Å². The predicted octanol–water partition coefficient (Wildman–Crippen LogP) is 7.77. The van der Waals surface area contributed by atoms with Gasteiger partial charge >= 0.3 is 11.9 Å².